The maximum absolute atomic E-state index is 12.6. The van der Waals surface area contributed by atoms with Crippen molar-refractivity contribution in [3.63, 3.8) is 0 Å². The van der Waals surface area contributed by atoms with Crippen LogP contribution in [-0.4, -0.2) is 54.2 Å². The van der Waals surface area contributed by atoms with Crippen LogP contribution in [0.1, 0.15) is 23.3 Å². The van der Waals surface area contributed by atoms with Gasteiger partial charge in [-0.25, -0.2) is 4.98 Å². The number of nitrogens with zero attached hydrogens (tertiary/aromatic N) is 2. The molecule has 0 saturated carbocycles. The van der Waals surface area contributed by atoms with Gasteiger partial charge in [0.25, 0.3) is 5.91 Å². The molecule has 0 aliphatic carbocycles. The van der Waals surface area contributed by atoms with Gasteiger partial charge in [0.05, 0.1) is 30.8 Å². The first-order chi connectivity index (χ1) is 11.3. The number of rotatable bonds is 3. The lowest BCUT2D eigenvalue weighted by Gasteiger charge is -2.27. The minimum absolute atomic E-state index is 0.0499. The smallest absolute Gasteiger partial charge is 0.270 e. The summed E-state index contributed by atoms with van der Waals surface area (Å²) in [6.45, 7) is 3.50. The van der Waals surface area contributed by atoms with Crippen molar-refractivity contribution in [1.82, 2.24) is 15.2 Å². The lowest BCUT2D eigenvalue weighted by Crippen LogP contribution is -2.50. The van der Waals surface area contributed by atoms with Crippen LogP contribution < -0.4 is 5.32 Å². The standard InChI is InChI=1S/C18H21N3O2/c22-18(15-8-7-13-5-1-2-6-14(13)19-15)20-16-11-23-12-17(16)21-9-3-4-10-21/h1-2,5-8,16-17H,3-4,9-12H2,(H,20,22)/t16-,17-/m1/s1. The van der Waals surface area contributed by atoms with Crippen LogP contribution in [0.5, 0.6) is 0 Å². The first kappa shape index (κ1) is 14.6. The van der Waals surface area contributed by atoms with E-state index in [1.54, 1.807) is 6.07 Å². The van der Waals surface area contributed by atoms with Crippen LogP contribution >= 0.6 is 0 Å². The summed E-state index contributed by atoms with van der Waals surface area (Å²) in [7, 11) is 0. The van der Waals surface area contributed by atoms with Crippen molar-refractivity contribution < 1.29 is 9.53 Å². The molecule has 5 heteroatoms. The molecule has 3 heterocycles. The molecule has 5 nitrogen and oxygen atoms in total. The number of hydrogen-bond donors (Lipinski definition) is 1. The zero-order valence-electron chi connectivity index (χ0n) is 13.1. The topological polar surface area (TPSA) is 54.5 Å². The van der Waals surface area contributed by atoms with E-state index < -0.39 is 0 Å². The van der Waals surface area contributed by atoms with Crippen molar-refractivity contribution in [1.29, 1.82) is 0 Å². The molecule has 2 aliphatic rings. The summed E-state index contributed by atoms with van der Waals surface area (Å²) >= 11 is 0. The third kappa shape index (κ3) is 2.94. The fourth-order valence-corrected chi connectivity index (χ4v) is 3.55. The predicted molar refractivity (Wildman–Crippen MR) is 88.4 cm³/mol. The van der Waals surface area contributed by atoms with Gasteiger partial charge in [-0.2, -0.15) is 0 Å². The van der Waals surface area contributed by atoms with Crippen molar-refractivity contribution in [2.24, 2.45) is 0 Å². The van der Waals surface area contributed by atoms with Gasteiger partial charge in [-0.05, 0) is 38.1 Å². The molecule has 1 N–H and O–H groups in total. The second-order valence-corrected chi connectivity index (χ2v) is 6.32. The van der Waals surface area contributed by atoms with E-state index in [0.717, 1.165) is 24.0 Å². The average molecular weight is 311 g/mol. The van der Waals surface area contributed by atoms with E-state index in [9.17, 15) is 4.79 Å². The molecule has 0 bridgehead atoms. The average Bonchev–Trinajstić information content (AvgIpc) is 3.25. The lowest BCUT2D eigenvalue weighted by atomic mass is 10.1. The van der Waals surface area contributed by atoms with Gasteiger partial charge in [-0.3, -0.25) is 9.69 Å². The number of likely N-dealkylation sites (tertiary alicyclic amines) is 1. The molecule has 2 saturated heterocycles. The van der Waals surface area contributed by atoms with Crippen LogP contribution in [-0.2, 0) is 4.74 Å². The van der Waals surface area contributed by atoms with Gasteiger partial charge in [0.2, 0.25) is 0 Å². The molecule has 0 spiro atoms. The van der Waals surface area contributed by atoms with Crippen molar-refractivity contribution >= 4 is 16.8 Å². The number of hydrogen-bond acceptors (Lipinski definition) is 4. The van der Waals surface area contributed by atoms with Gasteiger partial charge in [-0.15, -0.1) is 0 Å². The SMILES string of the molecule is O=C(N[C@@H]1COC[C@H]1N1CCCC1)c1ccc2ccccc2n1. The highest BCUT2D eigenvalue weighted by Crippen LogP contribution is 2.19. The van der Waals surface area contributed by atoms with Gasteiger partial charge >= 0.3 is 0 Å². The van der Waals surface area contributed by atoms with Crippen LogP contribution in [0, 0.1) is 0 Å². The summed E-state index contributed by atoms with van der Waals surface area (Å²) in [5.74, 6) is -0.115. The second-order valence-electron chi connectivity index (χ2n) is 6.32. The third-order valence-electron chi connectivity index (χ3n) is 4.81. The summed E-state index contributed by atoms with van der Waals surface area (Å²) in [6.07, 6.45) is 2.48. The third-order valence-corrected chi connectivity index (χ3v) is 4.81. The van der Waals surface area contributed by atoms with E-state index in [-0.39, 0.29) is 11.9 Å². The fraction of sp³-hybridized carbons (Fsp3) is 0.444. The number of pyridine rings is 1. The molecular formula is C18H21N3O2. The normalized spacial score (nSPS) is 25.0. The summed E-state index contributed by atoms with van der Waals surface area (Å²) < 4.78 is 5.61. The van der Waals surface area contributed by atoms with E-state index in [1.165, 1.54) is 12.8 Å². The van der Waals surface area contributed by atoms with Gasteiger partial charge in [0.15, 0.2) is 0 Å². The van der Waals surface area contributed by atoms with E-state index in [2.05, 4.69) is 15.2 Å². The monoisotopic (exact) mass is 311 g/mol. The van der Waals surface area contributed by atoms with Crippen LogP contribution in [0.25, 0.3) is 10.9 Å². The van der Waals surface area contributed by atoms with Crippen LogP contribution in [0.2, 0.25) is 0 Å². The molecule has 2 atom stereocenters. The highest BCUT2D eigenvalue weighted by molar-refractivity contribution is 5.95. The Labute approximate surface area is 135 Å². The van der Waals surface area contributed by atoms with E-state index in [1.807, 2.05) is 30.3 Å². The number of carbonyl (C=O) groups excluding carboxylic acids is 1. The number of ether oxygens (including phenoxy) is 1. The Hall–Kier alpha value is -1.98. The Balaban J connectivity index is 1.49. The maximum atomic E-state index is 12.6. The highest BCUT2D eigenvalue weighted by Gasteiger charge is 2.35. The van der Waals surface area contributed by atoms with Gasteiger partial charge in [0.1, 0.15) is 5.69 Å². The molecule has 0 unspecified atom stereocenters. The lowest BCUT2D eigenvalue weighted by molar-refractivity contribution is 0.0912. The van der Waals surface area contributed by atoms with Crippen molar-refractivity contribution in [2.45, 2.75) is 24.9 Å². The second kappa shape index (κ2) is 6.26. The largest absolute Gasteiger partial charge is 0.378 e. The quantitative estimate of drug-likeness (QED) is 0.939. The number of amides is 1. The van der Waals surface area contributed by atoms with Crippen molar-refractivity contribution in [2.75, 3.05) is 26.3 Å². The van der Waals surface area contributed by atoms with Gasteiger partial charge in [-0.1, -0.05) is 24.3 Å². The molecule has 120 valence electrons. The zero-order valence-corrected chi connectivity index (χ0v) is 13.1. The van der Waals surface area contributed by atoms with Crippen molar-refractivity contribution in [3.8, 4) is 0 Å². The minimum Gasteiger partial charge on any atom is -0.378 e. The molecule has 2 fully saturated rings. The number of fused-ring (bicyclic) bond motifs is 1. The molecule has 0 radical (unpaired) electrons. The van der Waals surface area contributed by atoms with Crippen molar-refractivity contribution in [3.05, 3.63) is 42.1 Å². The van der Waals surface area contributed by atoms with Gasteiger partial charge in [0, 0.05) is 5.39 Å². The Bertz CT molecular complexity index is 712. The fourth-order valence-electron chi connectivity index (χ4n) is 3.55. The Morgan fingerprint density at radius 3 is 2.83 bits per heavy atom. The van der Waals surface area contributed by atoms with E-state index >= 15 is 0 Å². The van der Waals surface area contributed by atoms with Crippen LogP contribution in [0.3, 0.4) is 0 Å². The minimum atomic E-state index is -0.115. The Morgan fingerprint density at radius 2 is 1.96 bits per heavy atom. The molecule has 1 aromatic heterocycles. The molecule has 2 aliphatic heterocycles. The first-order valence-corrected chi connectivity index (χ1v) is 8.30. The molecular weight excluding hydrogens is 290 g/mol. The molecule has 4 rings (SSSR count). The van der Waals surface area contributed by atoms with Crippen LogP contribution in [0.15, 0.2) is 36.4 Å². The molecule has 2 aromatic rings. The van der Waals surface area contributed by atoms with Gasteiger partial charge < -0.3 is 10.1 Å². The van der Waals surface area contributed by atoms with E-state index in [4.69, 9.17) is 4.74 Å². The van der Waals surface area contributed by atoms with Crippen LogP contribution in [0.4, 0.5) is 0 Å². The highest BCUT2D eigenvalue weighted by atomic mass is 16.5. The molecule has 23 heavy (non-hydrogen) atoms. The molecule has 1 aromatic carbocycles. The number of nitrogens with one attached hydrogen (secondary N) is 1. The maximum Gasteiger partial charge on any atom is 0.270 e. The zero-order chi connectivity index (χ0) is 15.6. The number of para-hydroxylation sites is 1. The number of benzene rings is 1. The summed E-state index contributed by atoms with van der Waals surface area (Å²) in [4.78, 5) is 19.5. The Morgan fingerprint density at radius 1 is 1.13 bits per heavy atom. The predicted octanol–water partition coefficient (Wildman–Crippen LogP) is 1.83. The van der Waals surface area contributed by atoms with E-state index in [0.29, 0.717) is 24.9 Å². The first-order valence-electron chi connectivity index (χ1n) is 8.30. The number of aromatic nitrogens is 1. The summed E-state index contributed by atoms with van der Waals surface area (Å²) in [6, 6.07) is 11.9. The summed E-state index contributed by atoms with van der Waals surface area (Å²) in [5.41, 5.74) is 1.31. The number of carbonyl (C=O) groups is 1. The molecule has 1 amide bonds. The summed E-state index contributed by atoms with van der Waals surface area (Å²) in [5, 5.41) is 4.16. The Kier molecular flexibility index (Phi) is 3.97.